The van der Waals surface area contributed by atoms with E-state index in [2.05, 4.69) is 0 Å². The van der Waals surface area contributed by atoms with Crippen LogP contribution in [0, 0.1) is 0 Å². The van der Waals surface area contributed by atoms with E-state index in [4.69, 9.17) is 12.2 Å². The van der Waals surface area contributed by atoms with E-state index in [-0.39, 0.29) is 4.32 Å². The zero-order valence-corrected chi connectivity index (χ0v) is 13.7. The fourth-order valence-electron chi connectivity index (χ4n) is 1.98. The first-order chi connectivity index (χ1) is 10.4. The van der Waals surface area contributed by atoms with Gasteiger partial charge in [0.1, 0.15) is 4.32 Å². The number of carbonyl (C=O) groups excluding carboxylic acids is 2. The van der Waals surface area contributed by atoms with Gasteiger partial charge in [-0.15, -0.1) is 0 Å². The minimum Gasteiger partial charge on any atom is -0.548 e. The number of thiocarbonyl (C=S) groups is 1. The zero-order valence-electron chi connectivity index (χ0n) is 12.1. The highest BCUT2D eigenvalue weighted by Gasteiger charge is 2.35. The smallest absolute Gasteiger partial charge is 0.266 e. The van der Waals surface area contributed by atoms with Crippen LogP contribution in [0.1, 0.15) is 19.4 Å². The van der Waals surface area contributed by atoms with Gasteiger partial charge in [-0.2, -0.15) is 0 Å². The van der Waals surface area contributed by atoms with Crippen LogP contribution in [0.2, 0.25) is 0 Å². The van der Waals surface area contributed by atoms with Crippen LogP contribution >= 0.6 is 24.0 Å². The summed E-state index contributed by atoms with van der Waals surface area (Å²) >= 11 is 6.19. The number of benzene rings is 1. The van der Waals surface area contributed by atoms with Crippen molar-refractivity contribution in [2.45, 2.75) is 19.9 Å². The molecule has 1 heterocycles. The van der Waals surface area contributed by atoms with Gasteiger partial charge in [0.05, 0.1) is 16.9 Å². The predicted molar refractivity (Wildman–Crippen MR) is 89.7 cm³/mol. The number of hydrogen-bond acceptors (Lipinski definition) is 5. The summed E-state index contributed by atoms with van der Waals surface area (Å²) in [7, 11) is 0. The van der Waals surface area contributed by atoms with Crippen LogP contribution in [0.4, 0.5) is 0 Å². The van der Waals surface area contributed by atoms with Gasteiger partial charge in [-0.1, -0.05) is 60.4 Å². The normalized spacial score (nSPS) is 18.9. The molecule has 0 aromatic heterocycles. The highest BCUT2D eigenvalue weighted by molar-refractivity contribution is 8.26. The van der Waals surface area contributed by atoms with Crippen molar-refractivity contribution < 1.29 is 14.7 Å². The molecular formula is C16H14NO3S2-. The molecule has 0 aliphatic carbocycles. The van der Waals surface area contributed by atoms with Gasteiger partial charge in [-0.25, -0.2) is 0 Å². The number of hydrogen-bond donors (Lipinski definition) is 0. The Bertz CT molecular complexity index is 680. The standard InChI is InChI=1S/C16H15NO3S2/c1-10(8-12-6-4-3-5-7-12)9-13-14(18)17(16(21)22-13)11(2)15(19)20/h3-9,11H,1-2H3,(H,19,20)/p-1/b10-8+,13-9-/t11-/m0/s1. The number of carbonyl (C=O) groups is 2. The highest BCUT2D eigenvalue weighted by atomic mass is 32.2. The van der Waals surface area contributed by atoms with Crippen LogP contribution in [0.3, 0.4) is 0 Å². The van der Waals surface area contributed by atoms with E-state index in [1.807, 2.05) is 43.3 Å². The number of carboxylic acid groups (broad SMARTS) is 1. The SMILES string of the molecule is CC(/C=C1\SC(=S)N([C@@H](C)C(=O)[O-])C1=O)=C\c1ccccc1. The van der Waals surface area contributed by atoms with Crippen molar-refractivity contribution in [3.63, 3.8) is 0 Å². The number of aliphatic carboxylic acids is 1. The second-order valence-corrected chi connectivity index (χ2v) is 6.52. The lowest BCUT2D eigenvalue weighted by Gasteiger charge is -2.23. The molecule has 6 heteroatoms. The molecule has 1 amide bonds. The molecule has 1 aliphatic rings. The van der Waals surface area contributed by atoms with E-state index < -0.39 is 17.9 Å². The van der Waals surface area contributed by atoms with Crippen LogP contribution in [-0.2, 0) is 9.59 Å². The quantitative estimate of drug-likeness (QED) is 0.623. The lowest BCUT2D eigenvalue weighted by molar-refractivity contribution is -0.309. The lowest BCUT2D eigenvalue weighted by Crippen LogP contribution is -2.48. The van der Waals surface area contributed by atoms with Gasteiger partial charge < -0.3 is 9.90 Å². The van der Waals surface area contributed by atoms with Crippen molar-refractivity contribution >= 4 is 46.3 Å². The molecule has 0 saturated carbocycles. The van der Waals surface area contributed by atoms with Crippen molar-refractivity contribution in [2.24, 2.45) is 0 Å². The summed E-state index contributed by atoms with van der Waals surface area (Å²) in [6.07, 6.45) is 3.66. The van der Waals surface area contributed by atoms with Crippen LogP contribution in [-0.4, -0.2) is 27.1 Å². The number of rotatable bonds is 4. The molecule has 1 aliphatic heterocycles. The van der Waals surface area contributed by atoms with E-state index in [1.165, 1.54) is 6.92 Å². The molecule has 0 radical (unpaired) electrons. The Morgan fingerprint density at radius 2 is 2.00 bits per heavy atom. The van der Waals surface area contributed by atoms with Crippen molar-refractivity contribution in [3.8, 4) is 0 Å². The largest absolute Gasteiger partial charge is 0.548 e. The van der Waals surface area contributed by atoms with Crippen LogP contribution < -0.4 is 5.11 Å². The molecule has 1 atom stereocenters. The first-order valence-corrected chi connectivity index (χ1v) is 7.84. The number of nitrogens with zero attached hydrogens (tertiary/aromatic N) is 1. The fourth-order valence-corrected chi connectivity index (χ4v) is 3.45. The van der Waals surface area contributed by atoms with Gasteiger partial charge in [0.15, 0.2) is 0 Å². The summed E-state index contributed by atoms with van der Waals surface area (Å²) in [5.74, 6) is -1.72. The zero-order chi connectivity index (χ0) is 16.3. The number of carboxylic acids is 1. The van der Waals surface area contributed by atoms with E-state index in [9.17, 15) is 14.7 Å². The Morgan fingerprint density at radius 1 is 1.36 bits per heavy atom. The average Bonchev–Trinajstić information content (AvgIpc) is 2.73. The van der Waals surface area contributed by atoms with Gasteiger partial charge in [-0.05, 0) is 31.1 Å². The summed E-state index contributed by atoms with van der Waals surface area (Å²) in [5.41, 5.74) is 1.91. The molecule has 0 unspecified atom stereocenters. The minimum atomic E-state index is -1.32. The molecule has 0 spiro atoms. The summed E-state index contributed by atoms with van der Waals surface area (Å²) in [6.45, 7) is 3.26. The molecular weight excluding hydrogens is 318 g/mol. The Balaban J connectivity index is 2.23. The van der Waals surface area contributed by atoms with Crippen molar-refractivity contribution in [1.29, 1.82) is 0 Å². The number of amides is 1. The molecule has 1 aromatic carbocycles. The molecule has 0 bridgehead atoms. The number of allylic oxidation sites excluding steroid dienone is 2. The highest BCUT2D eigenvalue weighted by Crippen LogP contribution is 2.33. The van der Waals surface area contributed by atoms with Crippen LogP contribution in [0.5, 0.6) is 0 Å². The maximum atomic E-state index is 12.3. The first-order valence-electron chi connectivity index (χ1n) is 6.61. The first kappa shape index (κ1) is 16.5. The Kier molecular flexibility index (Phi) is 5.15. The van der Waals surface area contributed by atoms with Crippen LogP contribution in [0.15, 0.2) is 46.9 Å². The Hall–Kier alpha value is -1.92. The average molecular weight is 332 g/mol. The lowest BCUT2D eigenvalue weighted by atomic mass is 10.1. The minimum absolute atomic E-state index is 0.237. The van der Waals surface area contributed by atoms with E-state index in [0.29, 0.717) is 4.91 Å². The second-order valence-electron chi connectivity index (χ2n) is 4.85. The van der Waals surface area contributed by atoms with E-state index in [1.54, 1.807) is 6.08 Å². The van der Waals surface area contributed by atoms with Gasteiger partial charge in [-0.3, -0.25) is 9.69 Å². The van der Waals surface area contributed by atoms with Crippen molar-refractivity contribution in [3.05, 3.63) is 52.4 Å². The third-order valence-electron chi connectivity index (χ3n) is 3.10. The summed E-state index contributed by atoms with van der Waals surface area (Å²) in [6, 6.07) is 8.64. The topological polar surface area (TPSA) is 60.4 Å². The second kappa shape index (κ2) is 6.89. The number of thioether (sulfide) groups is 1. The predicted octanol–water partition coefficient (Wildman–Crippen LogP) is 1.97. The third kappa shape index (κ3) is 3.64. The summed E-state index contributed by atoms with van der Waals surface area (Å²) in [4.78, 5) is 24.7. The van der Waals surface area contributed by atoms with Gasteiger partial charge in [0.25, 0.3) is 5.91 Å². The molecule has 2 rings (SSSR count). The molecule has 4 nitrogen and oxygen atoms in total. The summed E-state index contributed by atoms with van der Waals surface area (Å²) < 4.78 is 0.237. The van der Waals surface area contributed by atoms with Crippen molar-refractivity contribution in [1.82, 2.24) is 4.90 Å². The molecule has 1 aromatic rings. The van der Waals surface area contributed by atoms with Gasteiger partial charge in [0, 0.05) is 0 Å². The molecule has 22 heavy (non-hydrogen) atoms. The monoisotopic (exact) mass is 332 g/mol. The third-order valence-corrected chi connectivity index (χ3v) is 4.44. The van der Waals surface area contributed by atoms with Crippen LogP contribution in [0.25, 0.3) is 6.08 Å². The maximum Gasteiger partial charge on any atom is 0.266 e. The molecule has 1 fully saturated rings. The molecule has 1 saturated heterocycles. The maximum absolute atomic E-state index is 12.3. The Labute approximate surface area is 138 Å². The van der Waals surface area contributed by atoms with Gasteiger partial charge in [0.2, 0.25) is 0 Å². The summed E-state index contributed by atoms with van der Waals surface area (Å²) in [5, 5.41) is 10.9. The van der Waals surface area contributed by atoms with Crippen molar-refractivity contribution in [2.75, 3.05) is 0 Å². The Morgan fingerprint density at radius 3 is 2.59 bits per heavy atom. The molecule has 0 N–H and O–H groups in total. The van der Waals surface area contributed by atoms with E-state index in [0.717, 1.165) is 27.8 Å². The van der Waals surface area contributed by atoms with E-state index >= 15 is 0 Å². The molecule has 114 valence electrons. The van der Waals surface area contributed by atoms with Gasteiger partial charge >= 0.3 is 0 Å². The fraction of sp³-hybridized carbons (Fsp3) is 0.188.